The van der Waals surface area contributed by atoms with Crippen LogP contribution < -0.4 is 5.32 Å². The summed E-state index contributed by atoms with van der Waals surface area (Å²) in [5.74, 6) is 0. The lowest BCUT2D eigenvalue weighted by molar-refractivity contribution is 0.514. The molecule has 114 valence electrons. The first-order chi connectivity index (χ1) is 10.0. The normalized spacial score (nSPS) is 12.6. The molecule has 0 spiro atoms. The van der Waals surface area contributed by atoms with Crippen molar-refractivity contribution >= 4 is 0 Å². The molecule has 0 aliphatic rings. The molecule has 2 aromatic rings. The number of nitrogens with zero attached hydrogens (tertiary/aromatic N) is 2. The van der Waals surface area contributed by atoms with Crippen molar-refractivity contribution in [2.75, 3.05) is 6.54 Å². The van der Waals surface area contributed by atoms with Crippen LogP contribution in [0.1, 0.15) is 47.5 Å². The van der Waals surface area contributed by atoms with Crippen LogP contribution in [-0.2, 0) is 13.5 Å². The first-order valence-electron chi connectivity index (χ1n) is 7.82. The average Bonchev–Trinajstić information content (AvgIpc) is 2.70. The molecule has 1 aromatic carbocycles. The van der Waals surface area contributed by atoms with Crippen molar-refractivity contribution in [3.05, 3.63) is 52.3 Å². The van der Waals surface area contributed by atoms with Gasteiger partial charge in [-0.25, -0.2) is 0 Å². The van der Waals surface area contributed by atoms with Crippen LogP contribution in [0.25, 0.3) is 0 Å². The Hall–Kier alpha value is -1.61. The van der Waals surface area contributed by atoms with E-state index >= 15 is 0 Å². The molecule has 1 heterocycles. The van der Waals surface area contributed by atoms with Gasteiger partial charge in [0.25, 0.3) is 0 Å². The summed E-state index contributed by atoms with van der Waals surface area (Å²) in [6.45, 7) is 9.56. The third kappa shape index (κ3) is 3.73. The van der Waals surface area contributed by atoms with Gasteiger partial charge in [0.05, 0.1) is 5.69 Å². The number of hydrogen-bond acceptors (Lipinski definition) is 2. The molecule has 0 bridgehead atoms. The largest absolute Gasteiger partial charge is 0.310 e. The Morgan fingerprint density at radius 1 is 1.14 bits per heavy atom. The zero-order valence-corrected chi connectivity index (χ0v) is 13.9. The van der Waals surface area contributed by atoms with Crippen molar-refractivity contribution in [1.29, 1.82) is 0 Å². The van der Waals surface area contributed by atoms with Crippen LogP contribution >= 0.6 is 0 Å². The lowest BCUT2D eigenvalue weighted by Gasteiger charge is -2.19. The maximum Gasteiger partial charge on any atom is 0.0628 e. The van der Waals surface area contributed by atoms with Crippen LogP contribution in [0.15, 0.2) is 24.3 Å². The maximum absolute atomic E-state index is 4.52. The minimum absolute atomic E-state index is 0.412. The molecule has 0 saturated carbocycles. The maximum atomic E-state index is 4.52. The van der Waals surface area contributed by atoms with Crippen LogP contribution in [0.3, 0.4) is 0 Å². The number of nitrogens with one attached hydrogen (secondary N) is 1. The highest BCUT2D eigenvalue weighted by atomic mass is 15.3. The van der Waals surface area contributed by atoms with Gasteiger partial charge in [-0.15, -0.1) is 0 Å². The predicted octanol–water partition coefficient (Wildman–Crippen LogP) is 3.63. The topological polar surface area (TPSA) is 29.9 Å². The molecule has 0 aliphatic heterocycles. The van der Waals surface area contributed by atoms with Gasteiger partial charge in [0, 0.05) is 18.8 Å². The summed E-state index contributed by atoms with van der Waals surface area (Å²) in [6.07, 6.45) is 2.17. The molecule has 0 aliphatic carbocycles. The van der Waals surface area contributed by atoms with Crippen molar-refractivity contribution in [3.63, 3.8) is 0 Å². The molecule has 1 aromatic heterocycles. The van der Waals surface area contributed by atoms with Gasteiger partial charge in [-0.2, -0.15) is 5.10 Å². The van der Waals surface area contributed by atoms with Gasteiger partial charge in [0.1, 0.15) is 0 Å². The monoisotopic (exact) mass is 285 g/mol. The van der Waals surface area contributed by atoms with Gasteiger partial charge in [0.2, 0.25) is 0 Å². The van der Waals surface area contributed by atoms with Crippen LogP contribution in [-0.4, -0.2) is 16.3 Å². The Morgan fingerprint density at radius 2 is 1.81 bits per heavy atom. The number of aryl methyl sites for hydroxylation is 3. The van der Waals surface area contributed by atoms with E-state index in [1.807, 2.05) is 11.7 Å². The van der Waals surface area contributed by atoms with E-state index < -0.39 is 0 Å². The molecule has 0 radical (unpaired) electrons. The van der Waals surface area contributed by atoms with E-state index in [2.05, 4.69) is 62.4 Å². The summed E-state index contributed by atoms with van der Waals surface area (Å²) in [5.41, 5.74) is 6.53. The molecule has 1 atom stereocenters. The molecular formula is C18H27N3. The van der Waals surface area contributed by atoms with E-state index in [-0.39, 0.29) is 0 Å². The Labute approximate surface area is 128 Å². The molecule has 0 amide bonds. The molecule has 21 heavy (non-hydrogen) atoms. The van der Waals surface area contributed by atoms with E-state index in [4.69, 9.17) is 0 Å². The van der Waals surface area contributed by atoms with Gasteiger partial charge in [-0.05, 0) is 51.3 Å². The van der Waals surface area contributed by atoms with E-state index in [0.717, 1.165) is 25.1 Å². The minimum atomic E-state index is 0.412. The second-order valence-corrected chi connectivity index (χ2v) is 5.83. The minimum Gasteiger partial charge on any atom is -0.310 e. The summed E-state index contributed by atoms with van der Waals surface area (Å²) < 4.78 is 1.98. The van der Waals surface area contributed by atoms with Gasteiger partial charge >= 0.3 is 0 Å². The van der Waals surface area contributed by atoms with Crippen molar-refractivity contribution in [3.8, 4) is 0 Å². The second kappa shape index (κ2) is 6.90. The number of hydrogen-bond donors (Lipinski definition) is 1. The second-order valence-electron chi connectivity index (χ2n) is 5.83. The molecule has 1 unspecified atom stereocenters. The molecule has 3 nitrogen and oxygen atoms in total. The van der Waals surface area contributed by atoms with E-state index in [1.165, 1.54) is 22.4 Å². The van der Waals surface area contributed by atoms with Gasteiger partial charge < -0.3 is 5.32 Å². The Morgan fingerprint density at radius 3 is 2.33 bits per heavy atom. The van der Waals surface area contributed by atoms with Crippen LogP contribution in [0.5, 0.6) is 0 Å². The van der Waals surface area contributed by atoms with Gasteiger partial charge in [-0.3, -0.25) is 4.68 Å². The standard InChI is InChI=1S/C18H27N3/c1-6-19-18(16-9-7-13(2)8-10-16)12-11-17-14(3)20-21(5)15(17)4/h7-10,18-19H,6,11-12H2,1-5H3. The van der Waals surface area contributed by atoms with Crippen LogP contribution in [0.2, 0.25) is 0 Å². The van der Waals surface area contributed by atoms with E-state index in [9.17, 15) is 0 Å². The lowest BCUT2D eigenvalue weighted by atomic mass is 9.97. The number of rotatable bonds is 6. The SMILES string of the molecule is CCNC(CCc1c(C)nn(C)c1C)c1ccc(C)cc1. The van der Waals surface area contributed by atoms with Gasteiger partial charge in [-0.1, -0.05) is 36.8 Å². The zero-order valence-electron chi connectivity index (χ0n) is 13.9. The fourth-order valence-electron chi connectivity index (χ4n) is 2.90. The Bertz CT molecular complexity index is 581. The van der Waals surface area contributed by atoms with Crippen molar-refractivity contribution in [2.24, 2.45) is 7.05 Å². The highest BCUT2D eigenvalue weighted by Gasteiger charge is 2.14. The fraction of sp³-hybridized carbons (Fsp3) is 0.500. The Kier molecular flexibility index (Phi) is 5.18. The summed E-state index contributed by atoms with van der Waals surface area (Å²) in [5, 5.41) is 8.12. The van der Waals surface area contributed by atoms with Crippen molar-refractivity contribution < 1.29 is 0 Å². The number of aromatic nitrogens is 2. The average molecular weight is 285 g/mol. The first-order valence-corrected chi connectivity index (χ1v) is 7.82. The third-order valence-corrected chi connectivity index (χ3v) is 4.27. The van der Waals surface area contributed by atoms with Crippen molar-refractivity contribution in [1.82, 2.24) is 15.1 Å². The molecule has 1 N–H and O–H groups in total. The lowest BCUT2D eigenvalue weighted by Crippen LogP contribution is -2.21. The zero-order chi connectivity index (χ0) is 15.4. The van der Waals surface area contributed by atoms with Crippen LogP contribution in [0, 0.1) is 20.8 Å². The summed E-state index contributed by atoms with van der Waals surface area (Å²) >= 11 is 0. The number of benzene rings is 1. The molecule has 0 fully saturated rings. The molecular weight excluding hydrogens is 258 g/mol. The van der Waals surface area contributed by atoms with E-state index in [1.54, 1.807) is 0 Å². The van der Waals surface area contributed by atoms with Crippen LogP contribution in [0.4, 0.5) is 0 Å². The highest BCUT2D eigenvalue weighted by molar-refractivity contribution is 5.27. The van der Waals surface area contributed by atoms with E-state index in [0.29, 0.717) is 6.04 Å². The molecule has 3 heteroatoms. The highest BCUT2D eigenvalue weighted by Crippen LogP contribution is 2.22. The Balaban J connectivity index is 2.11. The molecule has 2 rings (SSSR count). The van der Waals surface area contributed by atoms with Crippen molar-refractivity contribution in [2.45, 2.75) is 46.6 Å². The van der Waals surface area contributed by atoms with Gasteiger partial charge in [0.15, 0.2) is 0 Å². The summed E-state index contributed by atoms with van der Waals surface area (Å²) in [6, 6.07) is 9.28. The smallest absolute Gasteiger partial charge is 0.0628 e. The quantitative estimate of drug-likeness (QED) is 0.878. The predicted molar refractivity (Wildman–Crippen MR) is 88.6 cm³/mol. The first kappa shape index (κ1) is 15.8. The third-order valence-electron chi connectivity index (χ3n) is 4.27. The summed E-state index contributed by atoms with van der Waals surface area (Å²) in [7, 11) is 2.02. The molecule has 0 saturated heterocycles. The fourth-order valence-corrected chi connectivity index (χ4v) is 2.90. The summed E-state index contributed by atoms with van der Waals surface area (Å²) in [4.78, 5) is 0.